The molecule has 0 saturated heterocycles. The Bertz CT molecular complexity index is 1050. The normalized spacial score (nSPS) is 12.8. The largest absolute Gasteiger partial charge is 0.497 e. The fraction of sp³-hybridized carbons (Fsp3) is 0.278. The van der Waals surface area contributed by atoms with Crippen molar-refractivity contribution in [2.45, 2.75) is 26.1 Å². The van der Waals surface area contributed by atoms with E-state index in [1.165, 1.54) is 30.0 Å². The summed E-state index contributed by atoms with van der Waals surface area (Å²) in [5.74, 6) is -1.27. The number of amides is 1. The molecule has 0 unspecified atom stereocenters. The lowest BCUT2D eigenvalue weighted by molar-refractivity contribution is -0.149. The van der Waals surface area contributed by atoms with Gasteiger partial charge in [-0.15, -0.1) is 0 Å². The van der Waals surface area contributed by atoms with Gasteiger partial charge in [-0.2, -0.15) is 13.2 Å². The Morgan fingerprint density at radius 1 is 1.25 bits per heavy atom. The van der Waals surface area contributed by atoms with E-state index < -0.39 is 23.9 Å². The predicted molar refractivity (Wildman–Crippen MR) is 92.7 cm³/mol. The van der Waals surface area contributed by atoms with E-state index in [1.807, 2.05) is 5.32 Å². The maximum absolute atomic E-state index is 13.8. The fourth-order valence-corrected chi connectivity index (χ4v) is 2.60. The van der Waals surface area contributed by atoms with Gasteiger partial charge >= 0.3 is 6.18 Å². The van der Waals surface area contributed by atoms with Gasteiger partial charge in [0.2, 0.25) is 0 Å². The first-order valence-electron chi connectivity index (χ1n) is 8.17. The fourth-order valence-electron chi connectivity index (χ4n) is 2.60. The summed E-state index contributed by atoms with van der Waals surface area (Å²) in [7, 11) is 1.39. The molecule has 0 aliphatic rings. The summed E-state index contributed by atoms with van der Waals surface area (Å²) in [6.07, 6.45) is -3.29. The summed E-state index contributed by atoms with van der Waals surface area (Å²) in [6.45, 7) is 2.54. The Balaban J connectivity index is 2.06. The molecule has 2 heterocycles. The highest BCUT2D eigenvalue weighted by atomic mass is 19.4. The van der Waals surface area contributed by atoms with Crippen molar-refractivity contribution >= 4 is 11.6 Å². The first-order chi connectivity index (χ1) is 13.1. The van der Waals surface area contributed by atoms with Crippen molar-refractivity contribution in [1.29, 1.82) is 0 Å². The molecule has 28 heavy (non-hydrogen) atoms. The molecule has 148 valence electrons. The minimum absolute atomic E-state index is 0.0603. The van der Waals surface area contributed by atoms with Gasteiger partial charge in [0.25, 0.3) is 5.91 Å². The summed E-state index contributed by atoms with van der Waals surface area (Å²) in [6, 6.07) is 3.59. The minimum atomic E-state index is -4.59. The molecule has 0 fully saturated rings. The number of methoxy groups -OCH3 is 1. The number of ether oxygens (including phenoxy) is 1. The minimum Gasteiger partial charge on any atom is -0.497 e. The van der Waals surface area contributed by atoms with E-state index in [0.29, 0.717) is 17.0 Å². The molecule has 2 aromatic heterocycles. The van der Waals surface area contributed by atoms with Crippen LogP contribution in [0.4, 0.5) is 17.6 Å². The zero-order valence-electron chi connectivity index (χ0n) is 15.1. The number of fused-ring (bicyclic) bond motifs is 1. The molecule has 3 aromatic rings. The van der Waals surface area contributed by atoms with Crippen molar-refractivity contribution < 1.29 is 27.1 Å². The number of hydrogen-bond donors (Lipinski definition) is 1. The third kappa shape index (κ3) is 3.75. The van der Waals surface area contributed by atoms with E-state index >= 15 is 0 Å². The summed E-state index contributed by atoms with van der Waals surface area (Å²) in [5, 5.41) is 1.86. The number of carbonyl (C=O) groups excluding carboxylic acids is 1. The Morgan fingerprint density at radius 3 is 2.61 bits per heavy atom. The Hall–Kier alpha value is -3.17. The van der Waals surface area contributed by atoms with Crippen molar-refractivity contribution in [2.75, 3.05) is 7.11 Å². The van der Waals surface area contributed by atoms with Gasteiger partial charge in [0.15, 0.2) is 11.3 Å². The van der Waals surface area contributed by atoms with Crippen LogP contribution in [0.3, 0.4) is 0 Å². The Kier molecular flexibility index (Phi) is 4.97. The summed E-state index contributed by atoms with van der Waals surface area (Å²) in [5.41, 5.74) is 1.12. The van der Waals surface area contributed by atoms with E-state index in [2.05, 4.69) is 9.97 Å². The van der Waals surface area contributed by atoms with Crippen molar-refractivity contribution in [3.05, 3.63) is 47.8 Å². The van der Waals surface area contributed by atoms with Crippen LogP contribution in [0.1, 0.15) is 23.1 Å². The monoisotopic (exact) mass is 396 g/mol. The topological polar surface area (TPSA) is 68.5 Å². The molecular formula is C18H16F4N4O2. The lowest BCUT2D eigenvalue weighted by atomic mass is 10.1. The molecule has 1 N–H and O–H groups in total. The number of imidazole rings is 1. The van der Waals surface area contributed by atoms with Crippen LogP contribution in [0.25, 0.3) is 16.9 Å². The van der Waals surface area contributed by atoms with Crippen molar-refractivity contribution in [3.8, 4) is 17.0 Å². The van der Waals surface area contributed by atoms with Gasteiger partial charge in [-0.05, 0) is 32.0 Å². The van der Waals surface area contributed by atoms with Crippen LogP contribution >= 0.6 is 0 Å². The van der Waals surface area contributed by atoms with Crippen LogP contribution in [0, 0.1) is 12.7 Å². The van der Waals surface area contributed by atoms with Gasteiger partial charge < -0.3 is 10.1 Å². The Morgan fingerprint density at radius 2 is 1.96 bits per heavy atom. The molecule has 0 radical (unpaired) electrons. The number of nitrogens with one attached hydrogen (secondary N) is 1. The van der Waals surface area contributed by atoms with E-state index in [9.17, 15) is 22.4 Å². The lowest BCUT2D eigenvalue weighted by Gasteiger charge is -2.16. The summed E-state index contributed by atoms with van der Waals surface area (Å²) >= 11 is 0. The number of halogens is 4. The number of aromatic nitrogens is 3. The second-order valence-electron chi connectivity index (χ2n) is 6.19. The van der Waals surface area contributed by atoms with Gasteiger partial charge in [0.1, 0.15) is 23.9 Å². The molecule has 0 aliphatic carbocycles. The predicted octanol–water partition coefficient (Wildman–Crippen LogP) is 3.53. The van der Waals surface area contributed by atoms with E-state index in [1.54, 1.807) is 19.1 Å². The highest BCUT2D eigenvalue weighted by molar-refractivity contribution is 5.98. The zero-order valence-corrected chi connectivity index (χ0v) is 15.1. The molecular weight excluding hydrogens is 380 g/mol. The van der Waals surface area contributed by atoms with E-state index in [4.69, 9.17) is 4.74 Å². The van der Waals surface area contributed by atoms with Crippen molar-refractivity contribution in [3.63, 3.8) is 0 Å². The third-order valence-corrected chi connectivity index (χ3v) is 4.15. The number of benzene rings is 1. The zero-order chi connectivity index (χ0) is 20.6. The molecule has 0 bridgehead atoms. The quantitative estimate of drug-likeness (QED) is 0.685. The first kappa shape index (κ1) is 19.6. The molecule has 3 rings (SSSR count). The molecule has 1 amide bonds. The van der Waals surface area contributed by atoms with Crippen molar-refractivity contribution in [2.24, 2.45) is 0 Å². The van der Waals surface area contributed by atoms with Gasteiger partial charge in [-0.25, -0.2) is 14.4 Å². The standard InChI is InChI=1S/C18H16F4N4O2/c1-9-4-14(11-5-12(19)7-13(6-11)28-3)25-16-15(23-8-26(9)16)17(27)24-10(2)18(20,21)22/h4-8,10H,1-3H3,(H,24,27)/t10-/m0/s1. The van der Waals surface area contributed by atoms with Crippen molar-refractivity contribution in [1.82, 2.24) is 19.7 Å². The van der Waals surface area contributed by atoms with Crippen LogP contribution < -0.4 is 10.1 Å². The molecule has 10 heteroatoms. The molecule has 1 atom stereocenters. The van der Waals surface area contributed by atoms with Crippen LogP contribution in [0.15, 0.2) is 30.6 Å². The number of hydrogen-bond acceptors (Lipinski definition) is 4. The lowest BCUT2D eigenvalue weighted by Crippen LogP contribution is -2.43. The van der Waals surface area contributed by atoms with Crippen LogP contribution in [0.2, 0.25) is 0 Å². The van der Waals surface area contributed by atoms with Crippen LogP contribution in [0.5, 0.6) is 5.75 Å². The van der Waals surface area contributed by atoms with E-state index in [0.717, 1.165) is 6.92 Å². The number of nitrogens with zero attached hydrogens (tertiary/aromatic N) is 3. The first-order valence-corrected chi connectivity index (χ1v) is 8.17. The average molecular weight is 396 g/mol. The molecule has 0 spiro atoms. The smallest absolute Gasteiger partial charge is 0.408 e. The second-order valence-corrected chi connectivity index (χ2v) is 6.19. The number of aryl methyl sites for hydroxylation is 1. The SMILES string of the molecule is COc1cc(F)cc(-c2cc(C)n3cnc(C(=O)N[C@@H](C)C(F)(F)F)c3n2)c1. The second kappa shape index (κ2) is 7.10. The molecule has 6 nitrogen and oxygen atoms in total. The summed E-state index contributed by atoms with van der Waals surface area (Å²) < 4.78 is 58.5. The maximum Gasteiger partial charge on any atom is 0.408 e. The van der Waals surface area contributed by atoms with Gasteiger partial charge in [-0.3, -0.25) is 9.20 Å². The highest BCUT2D eigenvalue weighted by Crippen LogP contribution is 2.26. The highest BCUT2D eigenvalue weighted by Gasteiger charge is 2.37. The Labute approximate surface area is 157 Å². The van der Waals surface area contributed by atoms with Crippen LogP contribution in [-0.4, -0.2) is 39.6 Å². The van der Waals surface area contributed by atoms with Gasteiger partial charge in [0, 0.05) is 17.3 Å². The van der Waals surface area contributed by atoms with E-state index in [-0.39, 0.29) is 17.1 Å². The molecule has 0 saturated carbocycles. The number of rotatable bonds is 4. The third-order valence-electron chi connectivity index (χ3n) is 4.15. The number of carbonyl (C=O) groups is 1. The van der Waals surface area contributed by atoms with Gasteiger partial charge in [0.05, 0.1) is 12.8 Å². The molecule has 1 aromatic carbocycles. The summed E-state index contributed by atoms with van der Waals surface area (Å²) in [4.78, 5) is 20.5. The van der Waals surface area contributed by atoms with Gasteiger partial charge in [-0.1, -0.05) is 0 Å². The average Bonchev–Trinajstić information content (AvgIpc) is 3.04. The maximum atomic E-state index is 13.8. The number of alkyl halides is 3. The molecule has 0 aliphatic heterocycles. The van der Waals surface area contributed by atoms with Crippen LogP contribution in [-0.2, 0) is 0 Å².